The van der Waals surface area contributed by atoms with E-state index in [9.17, 15) is 5.26 Å². The highest BCUT2D eigenvalue weighted by Gasteiger charge is 2.14. The standard InChI is InChI=1S/C15H10BrNO2/c16-13-3-1-2-11(12(13)9-17)10-4-5-14-15(8-10)19-7-6-18-14/h1-5,8H,6-7H2. The zero-order valence-electron chi connectivity index (χ0n) is 10.0. The lowest BCUT2D eigenvalue weighted by Crippen LogP contribution is -2.15. The predicted octanol–water partition coefficient (Wildman–Crippen LogP) is 3.76. The number of hydrogen-bond acceptors (Lipinski definition) is 3. The first-order valence-corrected chi connectivity index (χ1v) is 6.67. The van der Waals surface area contributed by atoms with Crippen molar-refractivity contribution in [2.45, 2.75) is 0 Å². The van der Waals surface area contributed by atoms with Crippen molar-refractivity contribution in [2.24, 2.45) is 0 Å². The Morgan fingerprint density at radius 3 is 2.63 bits per heavy atom. The topological polar surface area (TPSA) is 42.2 Å². The van der Waals surface area contributed by atoms with E-state index in [0.717, 1.165) is 27.1 Å². The van der Waals surface area contributed by atoms with Gasteiger partial charge in [-0.3, -0.25) is 0 Å². The summed E-state index contributed by atoms with van der Waals surface area (Å²) < 4.78 is 11.9. The zero-order chi connectivity index (χ0) is 13.2. The van der Waals surface area contributed by atoms with E-state index in [1.165, 1.54) is 0 Å². The Bertz CT molecular complexity index is 676. The van der Waals surface area contributed by atoms with Crippen LogP contribution in [-0.2, 0) is 0 Å². The van der Waals surface area contributed by atoms with Crippen LogP contribution in [-0.4, -0.2) is 13.2 Å². The molecule has 3 rings (SSSR count). The molecule has 0 fully saturated rings. The van der Waals surface area contributed by atoms with Crippen LogP contribution in [0.2, 0.25) is 0 Å². The van der Waals surface area contributed by atoms with Gasteiger partial charge in [0.15, 0.2) is 11.5 Å². The molecule has 94 valence electrons. The van der Waals surface area contributed by atoms with E-state index in [2.05, 4.69) is 22.0 Å². The summed E-state index contributed by atoms with van der Waals surface area (Å²) in [5.74, 6) is 1.48. The van der Waals surface area contributed by atoms with Gasteiger partial charge in [0.25, 0.3) is 0 Å². The van der Waals surface area contributed by atoms with Crippen LogP contribution in [0, 0.1) is 11.3 Å². The van der Waals surface area contributed by atoms with Crippen LogP contribution >= 0.6 is 15.9 Å². The van der Waals surface area contributed by atoms with Crippen molar-refractivity contribution in [3.05, 3.63) is 46.4 Å². The van der Waals surface area contributed by atoms with Crippen LogP contribution in [0.4, 0.5) is 0 Å². The molecule has 19 heavy (non-hydrogen) atoms. The van der Waals surface area contributed by atoms with Crippen LogP contribution in [0.1, 0.15) is 5.56 Å². The molecular formula is C15H10BrNO2. The Morgan fingerprint density at radius 1 is 1.05 bits per heavy atom. The summed E-state index contributed by atoms with van der Waals surface area (Å²) in [6.07, 6.45) is 0. The summed E-state index contributed by atoms with van der Waals surface area (Å²) in [4.78, 5) is 0. The molecule has 2 aromatic rings. The van der Waals surface area contributed by atoms with E-state index in [4.69, 9.17) is 9.47 Å². The van der Waals surface area contributed by atoms with Crippen molar-refractivity contribution in [2.75, 3.05) is 13.2 Å². The lowest BCUT2D eigenvalue weighted by Gasteiger charge is -2.19. The van der Waals surface area contributed by atoms with Gasteiger partial charge in [0.2, 0.25) is 0 Å². The number of rotatable bonds is 1. The van der Waals surface area contributed by atoms with Gasteiger partial charge in [-0.25, -0.2) is 0 Å². The first-order valence-electron chi connectivity index (χ1n) is 5.88. The molecule has 0 atom stereocenters. The minimum absolute atomic E-state index is 0.556. The summed E-state index contributed by atoms with van der Waals surface area (Å²) >= 11 is 3.40. The average Bonchev–Trinajstić information content (AvgIpc) is 2.46. The predicted molar refractivity (Wildman–Crippen MR) is 75.3 cm³/mol. The molecule has 0 amide bonds. The Labute approximate surface area is 119 Å². The fourth-order valence-electron chi connectivity index (χ4n) is 2.09. The van der Waals surface area contributed by atoms with Crippen molar-refractivity contribution in [3.8, 4) is 28.7 Å². The molecule has 1 heterocycles. The summed E-state index contributed by atoms with van der Waals surface area (Å²) in [6, 6.07) is 13.7. The highest BCUT2D eigenvalue weighted by atomic mass is 79.9. The Hall–Kier alpha value is -1.99. The summed E-state index contributed by atoms with van der Waals surface area (Å²) in [7, 11) is 0. The molecule has 0 aromatic heterocycles. The van der Waals surface area contributed by atoms with Crippen molar-refractivity contribution < 1.29 is 9.47 Å². The lowest BCUT2D eigenvalue weighted by atomic mass is 10.00. The fourth-order valence-corrected chi connectivity index (χ4v) is 2.54. The molecule has 0 saturated heterocycles. The van der Waals surface area contributed by atoms with Crippen molar-refractivity contribution in [3.63, 3.8) is 0 Å². The molecule has 0 N–H and O–H groups in total. The van der Waals surface area contributed by atoms with Crippen LogP contribution in [0.3, 0.4) is 0 Å². The SMILES string of the molecule is N#Cc1c(Br)cccc1-c1ccc2c(c1)OCCO2. The van der Waals surface area contributed by atoms with Crippen LogP contribution in [0.25, 0.3) is 11.1 Å². The first kappa shape index (κ1) is 12.1. The highest BCUT2D eigenvalue weighted by Crippen LogP contribution is 2.36. The second-order valence-electron chi connectivity index (χ2n) is 4.13. The van der Waals surface area contributed by atoms with Gasteiger partial charge in [0.1, 0.15) is 19.3 Å². The molecule has 0 saturated carbocycles. The second-order valence-corrected chi connectivity index (χ2v) is 4.99. The van der Waals surface area contributed by atoms with E-state index in [1.54, 1.807) is 0 Å². The van der Waals surface area contributed by atoms with E-state index in [0.29, 0.717) is 18.8 Å². The molecule has 0 bridgehead atoms. The molecule has 1 aliphatic rings. The molecule has 2 aromatic carbocycles. The molecule has 0 aliphatic carbocycles. The van der Waals surface area contributed by atoms with Gasteiger partial charge in [-0.15, -0.1) is 0 Å². The van der Waals surface area contributed by atoms with Gasteiger partial charge >= 0.3 is 0 Å². The molecule has 0 unspecified atom stereocenters. The first-order chi connectivity index (χ1) is 9.29. The zero-order valence-corrected chi connectivity index (χ0v) is 11.6. The maximum Gasteiger partial charge on any atom is 0.161 e. The third kappa shape index (κ3) is 2.18. The Morgan fingerprint density at radius 2 is 1.84 bits per heavy atom. The average molecular weight is 316 g/mol. The lowest BCUT2D eigenvalue weighted by molar-refractivity contribution is 0.171. The van der Waals surface area contributed by atoms with Gasteiger partial charge in [0, 0.05) is 10.0 Å². The van der Waals surface area contributed by atoms with Crippen molar-refractivity contribution in [1.82, 2.24) is 0 Å². The maximum atomic E-state index is 9.26. The molecule has 4 heteroatoms. The highest BCUT2D eigenvalue weighted by molar-refractivity contribution is 9.10. The van der Waals surface area contributed by atoms with Gasteiger partial charge in [0.05, 0.1) is 5.56 Å². The number of ether oxygens (including phenoxy) is 2. The third-order valence-corrected chi connectivity index (χ3v) is 3.64. The van der Waals surface area contributed by atoms with Crippen LogP contribution < -0.4 is 9.47 Å². The summed E-state index contributed by atoms with van der Waals surface area (Å²) in [6.45, 7) is 1.13. The van der Waals surface area contributed by atoms with E-state index >= 15 is 0 Å². The molecule has 1 aliphatic heterocycles. The van der Waals surface area contributed by atoms with E-state index in [-0.39, 0.29) is 0 Å². The largest absolute Gasteiger partial charge is 0.486 e. The summed E-state index contributed by atoms with van der Waals surface area (Å²) in [5.41, 5.74) is 2.45. The van der Waals surface area contributed by atoms with Crippen molar-refractivity contribution in [1.29, 1.82) is 5.26 Å². The summed E-state index contributed by atoms with van der Waals surface area (Å²) in [5, 5.41) is 9.26. The van der Waals surface area contributed by atoms with Crippen LogP contribution in [0.15, 0.2) is 40.9 Å². The van der Waals surface area contributed by atoms with Crippen molar-refractivity contribution >= 4 is 15.9 Å². The maximum absolute atomic E-state index is 9.26. The second kappa shape index (κ2) is 4.94. The minimum atomic E-state index is 0.556. The van der Waals surface area contributed by atoms with Gasteiger partial charge in [-0.1, -0.05) is 18.2 Å². The Balaban J connectivity index is 2.13. The third-order valence-electron chi connectivity index (χ3n) is 2.98. The number of nitrogens with zero attached hydrogens (tertiary/aromatic N) is 1. The number of halogens is 1. The number of fused-ring (bicyclic) bond motifs is 1. The number of hydrogen-bond donors (Lipinski definition) is 0. The van der Waals surface area contributed by atoms with E-state index in [1.807, 2.05) is 36.4 Å². The minimum Gasteiger partial charge on any atom is -0.486 e. The molecule has 0 radical (unpaired) electrons. The van der Waals surface area contributed by atoms with Gasteiger partial charge < -0.3 is 9.47 Å². The molecular weight excluding hydrogens is 306 g/mol. The quantitative estimate of drug-likeness (QED) is 0.804. The smallest absolute Gasteiger partial charge is 0.161 e. The number of nitriles is 1. The number of benzene rings is 2. The van der Waals surface area contributed by atoms with Crippen LogP contribution in [0.5, 0.6) is 11.5 Å². The normalized spacial score (nSPS) is 12.8. The molecule has 0 spiro atoms. The van der Waals surface area contributed by atoms with E-state index < -0.39 is 0 Å². The van der Waals surface area contributed by atoms with Gasteiger partial charge in [-0.05, 0) is 39.7 Å². The molecule has 3 nitrogen and oxygen atoms in total. The fraction of sp³-hybridized carbons (Fsp3) is 0.133. The van der Waals surface area contributed by atoms with Gasteiger partial charge in [-0.2, -0.15) is 5.26 Å². The monoisotopic (exact) mass is 315 g/mol. The Kier molecular flexibility index (Phi) is 3.14.